The number of carbonyl (C=O) groups is 1. The van der Waals surface area contributed by atoms with Gasteiger partial charge in [0.1, 0.15) is 6.54 Å². The van der Waals surface area contributed by atoms with Crippen LogP contribution in [0, 0.1) is 20.8 Å². The van der Waals surface area contributed by atoms with E-state index in [1.807, 2.05) is 32.9 Å². The minimum Gasteiger partial charge on any atom is -0.324 e. The van der Waals surface area contributed by atoms with Crippen molar-refractivity contribution in [2.45, 2.75) is 33.9 Å². The van der Waals surface area contributed by atoms with Gasteiger partial charge < -0.3 is 5.32 Å². The molecule has 8 heteroatoms. The van der Waals surface area contributed by atoms with E-state index in [0.29, 0.717) is 11.2 Å². The third-order valence-electron chi connectivity index (χ3n) is 5.28. The molecule has 162 valence electrons. The van der Waals surface area contributed by atoms with E-state index in [1.165, 1.54) is 10.8 Å². The molecule has 0 radical (unpaired) electrons. The number of fused-ring (bicyclic) bond motifs is 1. The van der Waals surface area contributed by atoms with Crippen molar-refractivity contribution < 1.29 is 4.79 Å². The number of amides is 1. The van der Waals surface area contributed by atoms with E-state index in [-0.39, 0.29) is 24.5 Å². The Morgan fingerprint density at radius 2 is 1.66 bits per heavy atom. The first kappa shape index (κ1) is 21.2. The molecule has 3 heterocycles. The topological polar surface area (TPSA) is 98.9 Å². The number of nitrogens with zero attached hydrogens (tertiary/aromatic N) is 4. The fraction of sp³-hybridized carbons (Fsp3) is 0.208. The number of rotatable bonds is 5. The molecule has 32 heavy (non-hydrogen) atoms. The second kappa shape index (κ2) is 8.58. The molecular weight excluding hydrogens is 406 g/mol. The van der Waals surface area contributed by atoms with E-state index in [4.69, 9.17) is 0 Å². The number of benzene rings is 1. The van der Waals surface area contributed by atoms with Crippen molar-refractivity contribution >= 4 is 22.6 Å². The first-order chi connectivity index (χ1) is 15.3. The summed E-state index contributed by atoms with van der Waals surface area (Å²) in [6, 6.07) is 12.5. The number of anilines is 1. The van der Waals surface area contributed by atoms with Crippen molar-refractivity contribution in [2.24, 2.45) is 0 Å². The molecule has 0 saturated carbocycles. The normalized spacial score (nSPS) is 11.0. The van der Waals surface area contributed by atoms with Gasteiger partial charge in [-0.15, -0.1) is 0 Å². The van der Waals surface area contributed by atoms with Gasteiger partial charge in [0.2, 0.25) is 5.91 Å². The first-order valence-electron chi connectivity index (χ1n) is 10.2. The minimum absolute atomic E-state index is 0.0111. The lowest BCUT2D eigenvalue weighted by atomic mass is 10.1. The third kappa shape index (κ3) is 4.07. The highest BCUT2D eigenvalue weighted by Gasteiger charge is 2.17. The molecule has 0 aliphatic carbocycles. The summed E-state index contributed by atoms with van der Waals surface area (Å²) in [5, 5.41) is 2.91. The van der Waals surface area contributed by atoms with Crippen LogP contribution in [0.4, 0.5) is 5.69 Å². The van der Waals surface area contributed by atoms with E-state index >= 15 is 0 Å². The van der Waals surface area contributed by atoms with Gasteiger partial charge in [-0.2, -0.15) is 0 Å². The highest BCUT2D eigenvalue weighted by molar-refractivity contribution is 5.93. The fourth-order valence-electron chi connectivity index (χ4n) is 3.89. The molecule has 0 aliphatic rings. The Kier molecular flexibility index (Phi) is 5.68. The Labute approximate surface area is 184 Å². The van der Waals surface area contributed by atoms with Crippen LogP contribution in [0.2, 0.25) is 0 Å². The highest BCUT2D eigenvalue weighted by atomic mass is 16.2. The summed E-state index contributed by atoms with van der Waals surface area (Å²) in [5.74, 6) is -0.365. The lowest BCUT2D eigenvalue weighted by Crippen LogP contribution is -2.42. The van der Waals surface area contributed by atoms with Crippen LogP contribution in [-0.4, -0.2) is 25.0 Å². The number of hydrogen-bond donors (Lipinski definition) is 1. The van der Waals surface area contributed by atoms with Gasteiger partial charge in [0.15, 0.2) is 5.52 Å². The van der Waals surface area contributed by atoms with E-state index in [1.54, 1.807) is 36.5 Å². The van der Waals surface area contributed by atoms with Gasteiger partial charge in [0, 0.05) is 18.1 Å². The molecule has 0 bridgehead atoms. The molecular formula is C24H23N5O3. The SMILES string of the molecule is Cc1cc(C)c(NC(=O)Cn2c(=O)n(Cc3ccccn3)c(=O)c3ncccc32)c(C)c1. The van der Waals surface area contributed by atoms with Crippen molar-refractivity contribution in [3.8, 4) is 0 Å². The van der Waals surface area contributed by atoms with E-state index in [2.05, 4.69) is 15.3 Å². The first-order valence-corrected chi connectivity index (χ1v) is 10.2. The van der Waals surface area contributed by atoms with Crippen LogP contribution in [0.25, 0.3) is 11.0 Å². The molecule has 0 aliphatic heterocycles. The molecule has 0 spiro atoms. The summed E-state index contributed by atoms with van der Waals surface area (Å²) in [6.07, 6.45) is 3.08. The summed E-state index contributed by atoms with van der Waals surface area (Å²) in [5.41, 5.74) is 3.59. The van der Waals surface area contributed by atoms with E-state index in [0.717, 1.165) is 26.9 Å². The third-order valence-corrected chi connectivity index (χ3v) is 5.28. The molecule has 3 aromatic heterocycles. The number of carbonyl (C=O) groups excluding carboxylic acids is 1. The molecule has 0 atom stereocenters. The van der Waals surface area contributed by atoms with Gasteiger partial charge in [0.05, 0.1) is 17.8 Å². The Balaban J connectivity index is 1.76. The maximum Gasteiger partial charge on any atom is 0.332 e. The molecule has 0 fully saturated rings. The molecule has 0 unspecified atom stereocenters. The molecule has 1 N–H and O–H groups in total. The van der Waals surface area contributed by atoms with Crippen molar-refractivity contribution in [3.63, 3.8) is 0 Å². The second-order valence-electron chi connectivity index (χ2n) is 7.77. The van der Waals surface area contributed by atoms with Gasteiger partial charge in [-0.05, 0) is 56.2 Å². The van der Waals surface area contributed by atoms with E-state index in [9.17, 15) is 14.4 Å². The van der Waals surface area contributed by atoms with Crippen LogP contribution in [0.5, 0.6) is 0 Å². The summed E-state index contributed by atoms with van der Waals surface area (Å²) in [6.45, 7) is 5.58. The number of pyridine rings is 2. The zero-order valence-electron chi connectivity index (χ0n) is 18.1. The Hall–Kier alpha value is -4.07. The quantitative estimate of drug-likeness (QED) is 0.526. The molecule has 4 rings (SSSR count). The standard InChI is InChI=1S/C24H23N5O3/c1-15-11-16(2)21(17(3)12-15)27-20(30)14-28-19-8-6-10-26-22(19)23(31)29(24(28)32)13-18-7-4-5-9-25-18/h4-12H,13-14H2,1-3H3,(H,27,30). The van der Waals surface area contributed by atoms with Crippen LogP contribution in [0.15, 0.2) is 64.4 Å². The smallest absolute Gasteiger partial charge is 0.324 e. The zero-order chi connectivity index (χ0) is 22.8. The van der Waals surface area contributed by atoms with Gasteiger partial charge in [-0.1, -0.05) is 23.8 Å². The van der Waals surface area contributed by atoms with Crippen LogP contribution in [0.3, 0.4) is 0 Å². The Bertz CT molecular complexity index is 1410. The second-order valence-corrected chi connectivity index (χ2v) is 7.77. The van der Waals surface area contributed by atoms with Gasteiger partial charge >= 0.3 is 5.69 Å². The Morgan fingerprint density at radius 1 is 0.938 bits per heavy atom. The number of nitrogens with one attached hydrogen (secondary N) is 1. The largest absolute Gasteiger partial charge is 0.332 e. The van der Waals surface area contributed by atoms with Crippen LogP contribution >= 0.6 is 0 Å². The molecule has 4 aromatic rings. The zero-order valence-corrected chi connectivity index (χ0v) is 18.1. The molecule has 0 saturated heterocycles. The summed E-state index contributed by atoms with van der Waals surface area (Å²) in [7, 11) is 0. The predicted octanol–water partition coefficient (Wildman–Crippen LogP) is 2.57. The maximum atomic E-state index is 13.3. The van der Waals surface area contributed by atoms with Crippen molar-refractivity contribution in [1.29, 1.82) is 0 Å². The average molecular weight is 429 g/mol. The van der Waals surface area contributed by atoms with Gasteiger partial charge in [-0.25, -0.2) is 9.78 Å². The monoisotopic (exact) mass is 429 g/mol. The number of hydrogen-bond acceptors (Lipinski definition) is 5. The maximum absolute atomic E-state index is 13.3. The predicted molar refractivity (Wildman–Crippen MR) is 123 cm³/mol. The summed E-state index contributed by atoms with van der Waals surface area (Å²) < 4.78 is 2.34. The van der Waals surface area contributed by atoms with Crippen LogP contribution in [0.1, 0.15) is 22.4 Å². The molecule has 1 amide bonds. The summed E-state index contributed by atoms with van der Waals surface area (Å²) in [4.78, 5) is 47.5. The lowest BCUT2D eigenvalue weighted by Gasteiger charge is -2.15. The number of aryl methyl sites for hydroxylation is 3. The van der Waals surface area contributed by atoms with Crippen molar-refractivity contribution in [2.75, 3.05) is 5.32 Å². The van der Waals surface area contributed by atoms with Crippen molar-refractivity contribution in [1.82, 2.24) is 19.1 Å². The average Bonchev–Trinajstić information content (AvgIpc) is 2.77. The minimum atomic E-state index is -0.589. The lowest BCUT2D eigenvalue weighted by molar-refractivity contribution is -0.116. The van der Waals surface area contributed by atoms with Gasteiger partial charge in [-0.3, -0.25) is 23.7 Å². The fourth-order valence-corrected chi connectivity index (χ4v) is 3.89. The van der Waals surface area contributed by atoms with Gasteiger partial charge in [0.25, 0.3) is 5.56 Å². The van der Waals surface area contributed by atoms with Crippen molar-refractivity contribution in [3.05, 3.63) is 98.1 Å². The number of aromatic nitrogens is 4. The molecule has 8 nitrogen and oxygen atoms in total. The molecule has 1 aromatic carbocycles. The Morgan fingerprint density at radius 3 is 2.34 bits per heavy atom. The van der Waals surface area contributed by atoms with E-state index < -0.39 is 11.2 Å². The van der Waals surface area contributed by atoms with Crippen LogP contribution in [-0.2, 0) is 17.9 Å². The van der Waals surface area contributed by atoms with Crippen LogP contribution < -0.4 is 16.6 Å². The summed E-state index contributed by atoms with van der Waals surface area (Å²) >= 11 is 0. The highest BCUT2D eigenvalue weighted by Crippen LogP contribution is 2.22.